The number of sulfone groups is 1. The molecule has 0 saturated carbocycles. The third kappa shape index (κ3) is 6.95. The van der Waals surface area contributed by atoms with Crippen LogP contribution in [-0.4, -0.2) is 75.0 Å². The van der Waals surface area contributed by atoms with Crippen LogP contribution in [0.3, 0.4) is 0 Å². The van der Waals surface area contributed by atoms with E-state index in [4.69, 9.17) is 5.11 Å². The largest absolute Gasteiger partial charge is 0.395 e. The number of benzene rings is 1. The highest BCUT2D eigenvalue weighted by molar-refractivity contribution is 7.91. The summed E-state index contributed by atoms with van der Waals surface area (Å²) in [6.07, 6.45) is 0. The highest BCUT2D eigenvalue weighted by atomic mass is 35.5. The second-order valence-corrected chi connectivity index (χ2v) is 7.65. The first-order valence-electron chi connectivity index (χ1n) is 7.36. The smallest absolute Gasteiger partial charge is 0.179 e. The molecule has 134 valence electrons. The Bertz CT molecular complexity index is 544. The molecule has 1 N–H and O–H groups in total. The molecule has 1 saturated heterocycles. The van der Waals surface area contributed by atoms with Crippen LogP contribution in [0.15, 0.2) is 29.2 Å². The van der Waals surface area contributed by atoms with Crippen molar-refractivity contribution in [3.05, 3.63) is 29.8 Å². The molecule has 2 rings (SSSR count). The SMILES string of the molecule is Cc1ccc(S(=O)(=O)CCN2CCN(CCO)CC2)cc1.Cl.Cl. The summed E-state index contributed by atoms with van der Waals surface area (Å²) >= 11 is 0. The van der Waals surface area contributed by atoms with E-state index in [9.17, 15) is 8.42 Å². The highest BCUT2D eigenvalue weighted by Crippen LogP contribution is 2.13. The van der Waals surface area contributed by atoms with Crippen molar-refractivity contribution in [1.29, 1.82) is 0 Å². The Balaban J connectivity index is 0.00000242. The van der Waals surface area contributed by atoms with E-state index in [0.29, 0.717) is 18.0 Å². The van der Waals surface area contributed by atoms with Gasteiger partial charge in [0.25, 0.3) is 0 Å². The van der Waals surface area contributed by atoms with Gasteiger partial charge in [-0.05, 0) is 19.1 Å². The summed E-state index contributed by atoms with van der Waals surface area (Å²) < 4.78 is 24.6. The van der Waals surface area contributed by atoms with Gasteiger partial charge in [-0.2, -0.15) is 0 Å². The molecule has 1 aromatic rings. The van der Waals surface area contributed by atoms with E-state index in [1.165, 1.54) is 0 Å². The van der Waals surface area contributed by atoms with E-state index in [1.54, 1.807) is 12.1 Å². The van der Waals surface area contributed by atoms with Crippen LogP contribution in [0.1, 0.15) is 5.56 Å². The second kappa shape index (κ2) is 10.5. The minimum atomic E-state index is -3.20. The molecule has 0 aromatic heterocycles. The fraction of sp³-hybridized carbons (Fsp3) is 0.600. The van der Waals surface area contributed by atoms with Gasteiger partial charge in [0.15, 0.2) is 9.84 Å². The maximum atomic E-state index is 12.3. The minimum Gasteiger partial charge on any atom is -0.395 e. The van der Waals surface area contributed by atoms with Crippen molar-refractivity contribution in [3.63, 3.8) is 0 Å². The van der Waals surface area contributed by atoms with Crippen LogP contribution in [0.4, 0.5) is 0 Å². The number of hydrogen-bond donors (Lipinski definition) is 1. The molecule has 0 bridgehead atoms. The number of aliphatic hydroxyl groups excluding tert-OH is 1. The molecule has 0 atom stereocenters. The van der Waals surface area contributed by atoms with Crippen molar-refractivity contribution in [1.82, 2.24) is 9.80 Å². The summed E-state index contributed by atoms with van der Waals surface area (Å²) in [6.45, 7) is 6.92. The lowest BCUT2D eigenvalue weighted by Crippen LogP contribution is -2.48. The molecule has 8 heteroatoms. The van der Waals surface area contributed by atoms with Crippen molar-refractivity contribution < 1.29 is 13.5 Å². The standard InChI is InChI=1S/C15H24N2O3S.2ClH/c1-14-2-4-15(5-3-14)21(19,20)13-11-17-8-6-16(7-9-17)10-12-18;;/h2-5,18H,6-13H2,1H3;2*1H. The molecule has 1 aliphatic rings. The average molecular weight is 385 g/mol. The molecular formula is C15H26Cl2N2O3S. The molecule has 1 aromatic carbocycles. The molecule has 0 aliphatic carbocycles. The Kier molecular flexibility index (Phi) is 10.3. The molecule has 23 heavy (non-hydrogen) atoms. The molecule has 0 spiro atoms. The molecule has 0 radical (unpaired) electrons. The summed E-state index contributed by atoms with van der Waals surface area (Å²) in [5.41, 5.74) is 1.06. The lowest BCUT2D eigenvalue weighted by atomic mass is 10.2. The maximum Gasteiger partial charge on any atom is 0.179 e. The summed E-state index contributed by atoms with van der Waals surface area (Å²) in [7, 11) is -3.20. The van der Waals surface area contributed by atoms with Crippen molar-refractivity contribution in [2.24, 2.45) is 0 Å². The monoisotopic (exact) mass is 384 g/mol. The summed E-state index contributed by atoms with van der Waals surface area (Å²) in [5.74, 6) is 0.163. The van der Waals surface area contributed by atoms with Crippen molar-refractivity contribution >= 4 is 34.7 Å². The zero-order chi connectivity index (χ0) is 15.3. The normalized spacial score (nSPS) is 16.4. The Morgan fingerprint density at radius 1 is 0.957 bits per heavy atom. The fourth-order valence-corrected chi connectivity index (χ4v) is 3.78. The van der Waals surface area contributed by atoms with Crippen LogP contribution in [0, 0.1) is 6.92 Å². The van der Waals surface area contributed by atoms with Crippen molar-refractivity contribution in [2.75, 3.05) is 51.6 Å². The molecular weight excluding hydrogens is 359 g/mol. The van der Waals surface area contributed by atoms with Gasteiger partial charge in [0.2, 0.25) is 0 Å². The van der Waals surface area contributed by atoms with Gasteiger partial charge in [-0.15, -0.1) is 24.8 Å². The number of hydrogen-bond acceptors (Lipinski definition) is 5. The fourth-order valence-electron chi connectivity index (χ4n) is 2.49. The lowest BCUT2D eigenvalue weighted by Gasteiger charge is -2.34. The molecule has 1 heterocycles. The van der Waals surface area contributed by atoms with Crippen LogP contribution in [-0.2, 0) is 9.84 Å². The minimum absolute atomic E-state index is 0. The summed E-state index contributed by atoms with van der Waals surface area (Å²) in [4.78, 5) is 4.79. The topological polar surface area (TPSA) is 60.9 Å². The zero-order valence-corrected chi connectivity index (χ0v) is 15.8. The molecule has 1 fully saturated rings. The number of halogens is 2. The number of piperazine rings is 1. The van der Waals surface area contributed by atoms with E-state index >= 15 is 0 Å². The first-order valence-corrected chi connectivity index (χ1v) is 9.01. The van der Waals surface area contributed by atoms with Gasteiger partial charge in [-0.1, -0.05) is 17.7 Å². The van der Waals surface area contributed by atoms with E-state index in [1.807, 2.05) is 19.1 Å². The number of aliphatic hydroxyl groups is 1. The number of aryl methyl sites for hydroxylation is 1. The van der Waals surface area contributed by atoms with Crippen LogP contribution in [0.25, 0.3) is 0 Å². The highest BCUT2D eigenvalue weighted by Gasteiger charge is 2.20. The third-order valence-electron chi connectivity index (χ3n) is 3.94. The molecule has 0 amide bonds. The number of rotatable bonds is 6. The Morgan fingerprint density at radius 3 is 1.91 bits per heavy atom. The number of β-amino-alcohol motifs (C(OH)–C–C–N with tert-alkyl or cyclic N) is 1. The first-order chi connectivity index (χ1) is 10.0. The van der Waals surface area contributed by atoms with Gasteiger partial charge in [0, 0.05) is 39.3 Å². The van der Waals surface area contributed by atoms with Gasteiger partial charge in [0.05, 0.1) is 17.3 Å². The van der Waals surface area contributed by atoms with Crippen molar-refractivity contribution in [3.8, 4) is 0 Å². The van der Waals surface area contributed by atoms with E-state index < -0.39 is 9.84 Å². The molecule has 1 aliphatic heterocycles. The van der Waals surface area contributed by atoms with E-state index in [2.05, 4.69) is 9.80 Å². The Labute approximate surface area is 151 Å². The van der Waals surface area contributed by atoms with E-state index in [0.717, 1.165) is 31.7 Å². The van der Waals surface area contributed by atoms with Gasteiger partial charge >= 0.3 is 0 Å². The second-order valence-electron chi connectivity index (χ2n) is 5.54. The molecule has 0 unspecified atom stereocenters. The van der Waals surface area contributed by atoms with Gasteiger partial charge in [-0.25, -0.2) is 8.42 Å². The van der Waals surface area contributed by atoms with Crippen LogP contribution in [0.2, 0.25) is 0 Å². The van der Waals surface area contributed by atoms with E-state index in [-0.39, 0.29) is 37.2 Å². The summed E-state index contributed by atoms with van der Waals surface area (Å²) in [5, 5.41) is 8.91. The van der Waals surface area contributed by atoms with Crippen LogP contribution < -0.4 is 0 Å². The predicted molar refractivity (Wildman–Crippen MR) is 97.7 cm³/mol. The third-order valence-corrected chi connectivity index (χ3v) is 5.65. The van der Waals surface area contributed by atoms with Gasteiger partial charge in [-0.3, -0.25) is 9.80 Å². The first kappa shape index (κ1) is 22.6. The molecule has 5 nitrogen and oxygen atoms in total. The Morgan fingerprint density at radius 2 is 1.43 bits per heavy atom. The lowest BCUT2D eigenvalue weighted by molar-refractivity contribution is 0.116. The van der Waals surface area contributed by atoms with Gasteiger partial charge in [0.1, 0.15) is 0 Å². The van der Waals surface area contributed by atoms with Gasteiger partial charge < -0.3 is 5.11 Å². The Hall–Kier alpha value is -0.370. The van der Waals surface area contributed by atoms with Crippen molar-refractivity contribution in [2.45, 2.75) is 11.8 Å². The zero-order valence-electron chi connectivity index (χ0n) is 13.3. The van der Waals surface area contributed by atoms with Crippen LogP contribution in [0.5, 0.6) is 0 Å². The van der Waals surface area contributed by atoms with Crippen LogP contribution >= 0.6 is 24.8 Å². The summed E-state index contributed by atoms with van der Waals surface area (Å²) in [6, 6.07) is 7.04. The maximum absolute atomic E-state index is 12.3. The number of nitrogens with zero attached hydrogens (tertiary/aromatic N) is 2. The predicted octanol–water partition coefficient (Wildman–Crippen LogP) is 1.22. The quantitative estimate of drug-likeness (QED) is 0.798. The average Bonchev–Trinajstić information content (AvgIpc) is 2.47.